The summed E-state index contributed by atoms with van der Waals surface area (Å²) in [6.07, 6.45) is 3.86. The van der Waals surface area contributed by atoms with Crippen LogP contribution in [0, 0.1) is 0 Å². The molecule has 210 valence electrons. The first-order valence-corrected chi connectivity index (χ1v) is 15.3. The molecular formula is C41H26N4. The summed E-state index contributed by atoms with van der Waals surface area (Å²) >= 11 is 0. The van der Waals surface area contributed by atoms with E-state index in [1.54, 1.807) is 0 Å². The lowest BCUT2D eigenvalue weighted by atomic mass is 10.1. The summed E-state index contributed by atoms with van der Waals surface area (Å²) in [6, 6.07) is 52.5. The molecule has 4 heterocycles. The van der Waals surface area contributed by atoms with Gasteiger partial charge in [-0.3, -0.25) is 4.98 Å². The lowest BCUT2D eigenvalue weighted by molar-refractivity contribution is 1.12. The van der Waals surface area contributed by atoms with E-state index in [0.717, 1.165) is 22.6 Å². The number of benzene rings is 6. The van der Waals surface area contributed by atoms with Gasteiger partial charge in [-0.15, -0.1) is 0 Å². The van der Waals surface area contributed by atoms with Gasteiger partial charge >= 0.3 is 0 Å². The molecule has 0 aliphatic heterocycles. The van der Waals surface area contributed by atoms with Gasteiger partial charge in [0, 0.05) is 55.6 Å². The maximum Gasteiger partial charge on any atom is 0.0788 e. The summed E-state index contributed by atoms with van der Waals surface area (Å²) in [7, 11) is 0. The van der Waals surface area contributed by atoms with Crippen molar-refractivity contribution < 1.29 is 0 Å². The van der Waals surface area contributed by atoms with E-state index in [0.29, 0.717) is 0 Å². The fourth-order valence-corrected chi connectivity index (χ4v) is 7.48. The highest BCUT2D eigenvalue weighted by Crippen LogP contribution is 2.42. The molecule has 0 radical (unpaired) electrons. The maximum absolute atomic E-state index is 4.51. The second-order valence-electron chi connectivity index (χ2n) is 11.7. The molecule has 0 unspecified atom stereocenters. The molecule has 4 heteroatoms. The monoisotopic (exact) mass is 574 g/mol. The number of nitrogens with zero attached hydrogens (tertiary/aromatic N) is 4. The standard InChI is InChI=1S/C41H26N4/c1-2-11-27(12-3-1)44-37-19-8-5-16-31(37)34-21-22-35-32-17-6-9-20-38(32)45(41(35)40(34)44)29-14-10-13-28(25-29)43-36-18-7-4-15-30(36)33-23-24-42-26-39(33)43/h1-26H. The molecule has 0 saturated carbocycles. The molecule has 0 aliphatic rings. The summed E-state index contributed by atoms with van der Waals surface area (Å²) in [4.78, 5) is 4.51. The van der Waals surface area contributed by atoms with Gasteiger partial charge in [0.25, 0.3) is 0 Å². The van der Waals surface area contributed by atoms with E-state index >= 15 is 0 Å². The zero-order valence-corrected chi connectivity index (χ0v) is 24.3. The number of aromatic nitrogens is 4. The van der Waals surface area contributed by atoms with Crippen molar-refractivity contribution in [2.45, 2.75) is 0 Å². The average molecular weight is 575 g/mol. The van der Waals surface area contributed by atoms with Crippen LogP contribution in [0.4, 0.5) is 0 Å². The molecule has 0 aliphatic carbocycles. The number of fused-ring (bicyclic) bond motifs is 10. The predicted octanol–water partition coefficient (Wildman–Crippen LogP) is 10.4. The van der Waals surface area contributed by atoms with Gasteiger partial charge in [0.2, 0.25) is 0 Å². The summed E-state index contributed by atoms with van der Waals surface area (Å²) in [5.41, 5.74) is 10.5. The van der Waals surface area contributed by atoms with E-state index in [2.05, 4.69) is 164 Å². The molecular weight excluding hydrogens is 548 g/mol. The number of hydrogen-bond donors (Lipinski definition) is 0. The molecule has 0 fully saturated rings. The predicted molar refractivity (Wildman–Crippen MR) is 187 cm³/mol. The second kappa shape index (κ2) is 9.18. The van der Waals surface area contributed by atoms with Gasteiger partial charge < -0.3 is 13.7 Å². The first-order valence-electron chi connectivity index (χ1n) is 15.3. The molecule has 0 bridgehead atoms. The van der Waals surface area contributed by atoms with Gasteiger partial charge in [-0.2, -0.15) is 0 Å². The molecule has 10 aromatic rings. The van der Waals surface area contributed by atoms with E-state index in [-0.39, 0.29) is 0 Å². The molecule has 6 aromatic carbocycles. The summed E-state index contributed by atoms with van der Waals surface area (Å²) < 4.78 is 7.23. The van der Waals surface area contributed by atoms with Gasteiger partial charge in [0.15, 0.2) is 0 Å². The van der Waals surface area contributed by atoms with Crippen LogP contribution in [0.15, 0.2) is 158 Å². The van der Waals surface area contributed by atoms with Crippen molar-refractivity contribution in [3.63, 3.8) is 0 Å². The van der Waals surface area contributed by atoms with Crippen LogP contribution in [-0.4, -0.2) is 18.7 Å². The Hall–Kier alpha value is -6.13. The minimum atomic E-state index is 1.10. The van der Waals surface area contributed by atoms with Crippen molar-refractivity contribution in [3.05, 3.63) is 158 Å². The summed E-state index contributed by atoms with van der Waals surface area (Å²) in [5, 5.41) is 7.41. The van der Waals surface area contributed by atoms with Crippen molar-refractivity contribution >= 4 is 65.4 Å². The average Bonchev–Trinajstić information content (AvgIpc) is 3.75. The Kier molecular flexibility index (Phi) is 4.96. The van der Waals surface area contributed by atoms with Crippen LogP contribution in [0.25, 0.3) is 82.5 Å². The van der Waals surface area contributed by atoms with E-state index < -0.39 is 0 Å². The van der Waals surface area contributed by atoms with Crippen molar-refractivity contribution in [2.24, 2.45) is 0 Å². The van der Waals surface area contributed by atoms with Gasteiger partial charge in [0.1, 0.15) is 0 Å². The minimum absolute atomic E-state index is 1.10. The van der Waals surface area contributed by atoms with Crippen LogP contribution in [0.2, 0.25) is 0 Å². The third-order valence-electron chi connectivity index (χ3n) is 9.31. The zero-order chi connectivity index (χ0) is 29.5. The molecule has 4 aromatic heterocycles. The van der Waals surface area contributed by atoms with Gasteiger partial charge in [-0.1, -0.05) is 91.0 Å². The highest BCUT2D eigenvalue weighted by molar-refractivity contribution is 6.23. The SMILES string of the molecule is c1ccc(-n2c3ccccc3c3ccc4c5ccccc5n(-c5cccc(-n6c7ccccc7c7ccncc76)c5)c4c32)cc1. The highest BCUT2D eigenvalue weighted by atomic mass is 15.1. The number of para-hydroxylation sites is 4. The molecule has 10 rings (SSSR count). The van der Waals surface area contributed by atoms with Crippen LogP contribution in [0.5, 0.6) is 0 Å². The summed E-state index contributed by atoms with van der Waals surface area (Å²) in [6.45, 7) is 0. The van der Waals surface area contributed by atoms with E-state index in [1.807, 2.05) is 12.4 Å². The van der Waals surface area contributed by atoms with Crippen molar-refractivity contribution in [3.8, 4) is 17.1 Å². The Morgan fingerprint density at radius 3 is 1.44 bits per heavy atom. The molecule has 0 saturated heterocycles. The smallest absolute Gasteiger partial charge is 0.0788 e. The number of pyridine rings is 1. The molecule has 0 spiro atoms. The molecule has 45 heavy (non-hydrogen) atoms. The van der Waals surface area contributed by atoms with Gasteiger partial charge in [-0.25, -0.2) is 0 Å². The third kappa shape index (κ3) is 3.34. The Morgan fingerprint density at radius 1 is 0.333 bits per heavy atom. The first kappa shape index (κ1) is 24.3. The van der Waals surface area contributed by atoms with E-state index in [1.165, 1.54) is 59.9 Å². The summed E-state index contributed by atoms with van der Waals surface area (Å²) in [5.74, 6) is 0. The lowest BCUT2D eigenvalue weighted by Gasteiger charge is -2.14. The number of hydrogen-bond acceptors (Lipinski definition) is 1. The fourth-order valence-electron chi connectivity index (χ4n) is 7.48. The van der Waals surface area contributed by atoms with Crippen LogP contribution in [-0.2, 0) is 0 Å². The zero-order valence-electron chi connectivity index (χ0n) is 24.3. The van der Waals surface area contributed by atoms with Crippen LogP contribution in [0.3, 0.4) is 0 Å². The van der Waals surface area contributed by atoms with Crippen LogP contribution >= 0.6 is 0 Å². The lowest BCUT2D eigenvalue weighted by Crippen LogP contribution is -2.00. The second-order valence-corrected chi connectivity index (χ2v) is 11.7. The van der Waals surface area contributed by atoms with Crippen molar-refractivity contribution in [2.75, 3.05) is 0 Å². The topological polar surface area (TPSA) is 27.7 Å². The van der Waals surface area contributed by atoms with E-state index in [9.17, 15) is 0 Å². The molecule has 4 nitrogen and oxygen atoms in total. The fraction of sp³-hybridized carbons (Fsp3) is 0. The van der Waals surface area contributed by atoms with Crippen molar-refractivity contribution in [1.82, 2.24) is 18.7 Å². The highest BCUT2D eigenvalue weighted by Gasteiger charge is 2.21. The largest absolute Gasteiger partial charge is 0.308 e. The van der Waals surface area contributed by atoms with Gasteiger partial charge in [0.05, 0.1) is 39.3 Å². The Labute approximate surface area is 258 Å². The number of rotatable bonds is 3. The van der Waals surface area contributed by atoms with Crippen molar-refractivity contribution in [1.29, 1.82) is 0 Å². The normalized spacial score (nSPS) is 12.0. The maximum atomic E-state index is 4.51. The van der Waals surface area contributed by atoms with E-state index in [4.69, 9.17) is 0 Å². The Balaban J connectivity index is 1.36. The Bertz CT molecular complexity index is 2710. The quantitative estimate of drug-likeness (QED) is 0.206. The third-order valence-corrected chi connectivity index (χ3v) is 9.31. The van der Waals surface area contributed by atoms with Crippen LogP contribution < -0.4 is 0 Å². The minimum Gasteiger partial charge on any atom is -0.308 e. The molecule has 0 atom stereocenters. The Morgan fingerprint density at radius 2 is 0.800 bits per heavy atom. The van der Waals surface area contributed by atoms with Crippen LogP contribution in [0.1, 0.15) is 0 Å². The first-order chi connectivity index (χ1) is 22.4. The molecule has 0 amide bonds. The van der Waals surface area contributed by atoms with Gasteiger partial charge in [-0.05, 0) is 54.6 Å². The molecule has 0 N–H and O–H groups in total.